The van der Waals surface area contributed by atoms with E-state index < -0.39 is 0 Å². The molecule has 2 rings (SSSR count). The fourth-order valence-electron chi connectivity index (χ4n) is 2.55. The van der Waals surface area contributed by atoms with Gasteiger partial charge in [-0.1, -0.05) is 6.42 Å². The second kappa shape index (κ2) is 6.26. The Labute approximate surface area is 114 Å². The van der Waals surface area contributed by atoms with E-state index in [2.05, 4.69) is 5.32 Å². The summed E-state index contributed by atoms with van der Waals surface area (Å²) in [6.07, 6.45) is 3.46. The van der Waals surface area contributed by atoms with Crippen LogP contribution in [-0.4, -0.2) is 32.5 Å². The third-order valence-electron chi connectivity index (χ3n) is 4.05. The quantitative estimate of drug-likeness (QED) is 0.791. The lowest BCUT2D eigenvalue weighted by Crippen LogP contribution is -2.42. The summed E-state index contributed by atoms with van der Waals surface area (Å²) < 4.78 is 10.6. The highest BCUT2D eigenvalue weighted by molar-refractivity contribution is 5.40. The monoisotopic (exact) mass is 265 g/mol. The van der Waals surface area contributed by atoms with Crippen LogP contribution in [0.4, 0.5) is 0 Å². The first-order valence-corrected chi connectivity index (χ1v) is 6.75. The number of hydrogen-bond donors (Lipinski definition) is 2. The number of ether oxygens (including phenoxy) is 2. The molecule has 1 saturated carbocycles. The molecule has 1 aliphatic rings. The van der Waals surface area contributed by atoms with Gasteiger partial charge in [-0.2, -0.15) is 0 Å². The summed E-state index contributed by atoms with van der Waals surface area (Å²) in [5.41, 5.74) is 1.18. The third-order valence-corrected chi connectivity index (χ3v) is 4.05. The minimum absolute atomic E-state index is 0.103. The number of aliphatic hydroxyl groups is 1. The van der Waals surface area contributed by atoms with Crippen LogP contribution in [0.1, 0.15) is 24.8 Å². The van der Waals surface area contributed by atoms with Crippen LogP contribution >= 0.6 is 0 Å². The molecule has 0 radical (unpaired) electrons. The van der Waals surface area contributed by atoms with Crippen molar-refractivity contribution in [2.45, 2.75) is 25.8 Å². The molecule has 106 valence electrons. The smallest absolute Gasteiger partial charge is 0.123 e. The van der Waals surface area contributed by atoms with Gasteiger partial charge in [0.2, 0.25) is 0 Å². The second-order valence-electron chi connectivity index (χ2n) is 5.29. The summed E-state index contributed by atoms with van der Waals surface area (Å²) in [7, 11) is 3.33. The van der Waals surface area contributed by atoms with Gasteiger partial charge in [0.05, 0.1) is 14.2 Å². The molecule has 0 atom stereocenters. The summed E-state index contributed by atoms with van der Waals surface area (Å²) in [6.45, 7) is 1.85. The van der Waals surface area contributed by atoms with Gasteiger partial charge < -0.3 is 19.9 Å². The van der Waals surface area contributed by atoms with Gasteiger partial charge in [-0.15, -0.1) is 0 Å². The average Bonchev–Trinajstić information content (AvgIpc) is 2.41. The predicted octanol–water partition coefficient (Wildman–Crippen LogP) is 1.96. The zero-order valence-corrected chi connectivity index (χ0v) is 11.7. The van der Waals surface area contributed by atoms with Gasteiger partial charge in [-0.3, -0.25) is 0 Å². The zero-order valence-electron chi connectivity index (χ0n) is 11.7. The Kier molecular flexibility index (Phi) is 4.66. The Morgan fingerprint density at radius 2 is 2.05 bits per heavy atom. The number of hydrogen-bond acceptors (Lipinski definition) is 4. The predicted molar refractivity (Wildman–Crippen MR) is 74.6 cm³/mol. The Hall–Kier alpha value is -1.26. The minimum atomic E-state index is 0.103. The van der Waals surface area contributed by atoms with Crippen molar-refractivity contribution < 1.29 is 14.6 Å². The van der Waals surface area contributed by atoms with Crippen molar-refractivity contribution in [1.29, 1.82) is 0 Å². The van der Waals surface area contributed by atoms with E-state index in [0.717, 1.165) is 43.0 Å². The Morgan fingerprint density at radius 3 is 2.58 bits per heavy atom. The van der Waals surface area contributed by atoms with E-state index in [1.54, 1.807) is 14.2 Å². The molecule has 4 heteroatoms. The topological polar surface area (TPSA) is 50.7 Å². The van der Waals surface area contributed by atoms with E-state index in [1.165, 1.54) is 6.42 Å². The molecule has 0 unspecified atom stereocenters. The van der Waals surface area contributed by atoms with Gasteiger partial charge in [0.1, 0.15) is 11.5 Å². The van der Waals surface area contributed by atoms with Crippen LogP contribution in [0, 0.1) is 5.41 Å². The average molecular weight is 265 g/mol. The van der Waals surface area contributed by atoms with E-state index in [-0.39, 0.29) is 12.0 Å². The molecule has 19 heavy (non-hydrogen) atoms. The second-order valence-corrected chi connectivity index (χ2v) is 5.29. The van der Waals surface area contributed by atoms with E-state index >= 15 is 0 Å². The lowest BCUT2D eigenvalue weighted by molar-refractivity contribution is 0.0444. The molecule has 1 fully saturated rings. The van der Waals surface area contributed by atoms with Crippen LogP contribution in [0.15, 0.2) is 18.2 Å². The summed E-state index contributed by atoms with van der Waals surface area (Å²) in [6, 6.07) is 5.79. The van der Waals surface area contributed by atoms with Crippen molar-refractivity contribution in [2.24, 2.45) is 5.41 Å². The summed E-state index contributed by atoms with van der Waals surface area (Å²) in [5.74, 6) is 1.69. The third kappa shape index (κ3) is 3.19. The Morgan fingerprint density at radius 1 is 1.26 bits per heavy atom. The molecule has 1 aromatic rings. The molecular weight excluding hydrogens is 242 g/mol. The molecule has 0 saturated heterocycles. The van der Waals surface area contributed by atoms with Crippen molar-refractivity contribution in [3.05, 3.63) is 23.8 Å². The zero-order chi connectivity index (χ0) is 13.7. The molecule has 0 aromatic heterocycles. The molecule has 0 bridgehead atoms. The summed E-state index contributed by atoms with van der Waals surface area (Å²) >= 11 is 0. The van der Waals surface area contributed by atoms with Gasteiger partial charge in [0.25, 0.3) is 0 Å². The highest BCUT2D eigenvalue weighted by atomic mass is 16.5. The highest BCUT2D eigenvalue weighted by Gasteiger charge is 2.35. The largest absolute Gasteiger partial charge is 0.497 e. The molecule has 0 spiro atoms. The van der Waals surface area contributed by atoms with Crippen molar-refractivity contribution in [3.63, 3.8) is 0 Å². The van der Waals surface area contributed by atoms with Gasteiger partial charge in [-0.25, -0.2) is 0 Å². The summed E-state index contributed by atoms with van der Waals surface area (Å²) in [5, 5.41) is 12.9. The Balaban J connectivity index is 1.94. The van der Waals surface area contributed by atoms with Crippen LogP contribution in [0.5, 0.6) is 11.5 Å². The maximum absolute atomic E-state index is 9.43. The number of aliphatic hydroxyl groups excluding tert-OH is 1. The van der Waals surface area contributed by atoms with E-state index in [0.29, 0.717) is 0 Å². The lowest BCUT2D eigenvalue weighted by atomic mass is 9.69. The first-order chi connectivity index (χ1) is 9.23. The number of methoxy groups -OCH3 is 2. The van der Waals surface area contributed by atoms with Gasteiger partial charge in [0.15, 0.2) is 0 Å². The fourth-order valence-corrected chi connectivity index (χ4v) is 2.55. The molecule has 4 nitrogen and oxygen atoms in total. The lowest BCUT2D eigenvalue weighted by Gasteiger charge is -2.40. The minimum Gasteiger partial charge on any atom is -0.497 e. The van der Waals surface area contributed by atoms with Gasteiger partial charge in [0, 0.05) is 30.7 Å². The molecule has 0 aliphatic heterocycles. The molecule has 2 N–H and O–H groups in total. The maximum Gasteiger partial charge on any atom is 0.123 e. The fraction of sp³-hybridized carbons (Fsp3) is 0.600. The first kappa shape index (κ1) is 14.2. The molecule has 0 amide bonds. The summed E-state index contributed by atoms with van der Waals surface area (Å²) in [4.78, 5) is 0. The van der Waals surface area contributed by atoms with Crippen LogP contribution in [-0.2, 0) is 6.54 Å². The number of benzene rings is 1. The van der Waals surface area contributed by atoms with E-state index in [1.807, 2.05) is 18.2 Å². The van der Waals surface area contributed by atoms with Gasteiger partial charge >= 0.3 is 0 Å². The SMILES string of the molecule is COc1ccc(OC)c(CNCC2(CO)CCC2)c1. The van der Waals surface area contributed by atoms with Crippen molar-refractivity contribution in [3.8, 4) is 11.5 Å². The van der Waals surface area contributed by atoms with Crippen LogP contribution in [0.25, 0.3) is 0 Å². The number of nitrogens with one attached hydrogen (secondary N) is 1. The maximum atomic E-state index is 9.43. The van der Waals surface area contributed by atoms with Crippen molar-refractivity contribution in [2.75, 3.05) is 27.4 Å². The van der Waals surface area contributed by atoms with Crippen LogP contribution < -0.4 is 14.8 Å². The molecule has 1 aliphatic carbocycles. The number of rotatable bonds is 7. The molecule has 0 heterocycles. The van der Waals surface area contributed by atoms with Gasteiger partial charge in [-0.05, 0) is 31.0 Å². The van der Waals surface area contributed by atoms with E-state index in [9.17, 15) is 5.11 Å². The van der Waals surface area contributed by atoms with E-state index in [4.69, 9.17) is 9.47 Å². The first-order valence-electron chi connectivity index (χ1n) is 6.75. The van der Waals surface area contributed by atoms with Crippen molar-refractivity contribution in [1.82, 2.24) is 5.32 Å². The molecule has 1 aromatic carbocycles. The Bertz CT molecular complexity index is 410. The normalized spacial score (nSPS) is 16.8. The molecular formula is C15H23NO3. The van der Waals surface area contributed by atoms with Crippen LogP contribution in [0.3, 0.4) is 0 Å². The van der Waals surface area contributed by atoms with Crippen LogP contribution in [0.2, 0.25) is 0 Å². The highest BCUT2D eigenvalue weighted by Crippen LogP contribution is 2.39. The van der Waals surface area contributed by atoms with Crippen molar-refractivity contribution >= 4 is 0 Å². The standard InChI is InChI=1S/C15H23NO3/c1-18-13-4-5-14(19-2)12(8-13)9-16-10-15(11-17)6-3-7-15/h4-5,8,16-17H,3,6-7,9-11H2,1-2H3.